The van der Waals surface area contributed by atoms with Crippen molar-refractivity contribution in [1.82, 2.24) is 14.5 Å². The maximum atomic E-state index is 5.62. The number of aromatic nitrogens is 3. The molecule has 2 N–H and O–H groups in total. The first-order valence-corrected chi connectivity index (χ1v) is 6.04. The molecule has 4 nitrogen and oxygen atoms in total. The van der Waals surface area contributed by atoms with E-state index in [1.807, 2.05) is 30.7 Å². The smallest absolute Gasteiger partial charge is 0.110 e. The van der Waals surface area contributed by atoms with E-state index in [4.69, 9.17) is 5.73 Å². The minimum atomic E-state index is 0.667. The molecule has 17 heavy (non-hydrogen) atoms. The number of hydrogen-bond acceptors (Lipinski definition) is 3. The lowest BCUT2D eigenvalue weighted by Crippen LogP contribution is -2.09. The van der Waals surface area contributed by atoms with Gasteiger partial charge >= 0.3 is 0 Å². The number of nitrogens with zero attached hydrogens (tertiary/aromatic N) is 3. The van der Waals surface area contributed by atoms with Crippen LogP contribution in [0.15, 0.2) is 30.7 Å². The highest BCUT2D eigenvalue weighted by atomic mass is 15.1. The quantitative estimate of drug-likeness (QED) is 0.865. The fourth-order valence-corrected chi connectivity index (χ4v) is 2.54. The van der Waals surface area contributed by atoms with Crippen LogP contribution in [-0.2, 0) is 13.0 Å². The largest absolute Gasteiger partial charge is 0.334 e. The molecule has 0 fully saturated rings. The van der Waals surface area contributed by atoms with Gasteiger partial charge in [0.1, 0.15) is 5.69 Å². The molecule has 0 aromatic carbocycles. The molecule has 3 heterocycles. The normalized spacial score (nSPS) is 18.3. The molecule has 0 aliphatic carbocycles. The lowest BCUT2D eigenvalue weighted by molar-refractivity contribution is 0.480. The lowest BCUT2D eigenvalue weighted by atomic mass is 10.0. The third-order valence-corrected chi connectivity index (χ3v) is 3.37. The third kappa shape index (κ3) is 1.85. The average molecular weight is 228 g/mol. The number of imidazole rings is 1. The Kier molecular flexibility index (Phi) is 2.65. The Balaban J connectivity index is 1.91. The van der Waals surface area contributed by atoms with Crippen LogP contribution >= 0.6 is 0 Å². The zero-order valence-electron chi connectivity index (χ0n) is 9.71. The van der Waals surface area contributed by atoms with E-state index in [1.54, 1.807) is 0 Å². The number of fused-ring (bicyclic) bond motifs is 1. The van der Waals surface area contributed by atoms with Crippen molar-refractivity contribution in [2.45, 2.75) is 19.4 Å². The summed E-state index contributed by atoms with van der Waals surface area (Å²) in [6.45, 7) is 1.81. The molecule has 88 valence electrons. The molecule has 1 aliphatic heterocycles. The summed E-state index contributed by atoms with van der Waals surface area (Å²) < 4.78 is 2.24. The fraction of sp³-hybridized carbons (Fsp3) is 0.385. The molecule has 1 atom stereocenters. The Bertz CT molecular complexity index is 503. The van der Waals surface area contributed by atoms with Gasteiger partial charge in [-0.3, -0.25) is 4.98 Å². The van der Waals surface area contributed by atoms with E-state index in [2.05, 4.69) is 14.5 Å². The molecular formula is C13H16N4. The molecule has 0 radical (unpaired) electrons. The van der Waals surface area contributed by atoms with Crippen LogP contribution in [-0.4, -0.2) is 21.1 Å². The summed E-state index contributed by atoms with van der Waals surface area (Å²) in [7, 11) is 0. The predicted octanol–water partition coefficient (Wildman–Crippen LogP) is 1.47. The van der Waals surface area contributed by atoms with Crippen molar-refractivity contribution in [2.75, 3.05) is 6.54 Å². The average Bonchev–Trinajstić information content (AvgIpc) is 2.90. The molecular weight excluding hydrogens is 212 g/mol. The van der Waals surface area contributed by atoms with Crippen LogP contribution in [0, 0.1) is 5.92 Å². The van der Waals surface area contributed by atoms with Gasteiger partial charge in [-0.25, -0.2) is 4.98 Å². The number of rotatable bonds is 3. The van der Waals surface area contributed by atoms with Gasteiger partial charge in [0.05, 0.1) is 12.0 Å². The van der Waals surface area contributed by atoms with E-state index in [-0.39, 0.29) is 0 Å². The SMILES string of the molecule is NCCC1Cc2c(-c3ccccn3)ncn2C1. The Morgan fingerprint density at radius 3 is 3.06 bits per heavy atom. The van der Waals surface area contributed by atoms with Gasteiger partial charge in [0.15, 0.2) is 0 Å². The van der Waals surface area contributed by atoms with Crippen molar-refractivity contribution in [2.24, 2.45) is 11.7 Å². The first kappa shape index (κ1) is 10.5. The molecule has 0 amide bonds. The van der Waals surface area contributed by atoms with Crippen molar-refractivity contribution >= 4 is 0 Å². The minimum Gasteiger partial charge on any atom is -0.334 e. The Morgan fingerprint density at radius 1 is 1.35 bits per heavy atom. The number of pyridine rings is 1. The van der Waals surface area contributed by atoms with E-state index in [0.717, 1.165) is 37.3 Å². The first-order valence-electron chi connectivity index (χ1n) is 6.04. The van der Waals surface area contributed by atoms with Gasteiger partial charge < -0.3 is 10.3 Å². The van der Waals surface area contributed by atoms with Crippen molar-refractivity contribution in [3.63, 3.8) is 0 Å². The van der Waals surface area contributed by atoms with Crippen molar-refractivity contribution < 1.29 is 0 Å². The molecule has 0 bridgehead atoms. The Morgan fingerprint density at radius 2 is 2.29 bits per heavy atom. The number of nitrogens with two attached hydrogens (primary N) is 1. The standard InChI is InChI=1S/C13H16N4/c14-5-4-10-7-12-13(16-9-17(12)8-10)11-3-1-2-6-15-11/h1-3,6,9-10H,4-5,7-8,14H2. The van der Waals surface area contributed by atoms with Gasteiger partial charge in [-0.05, 0) is 37.4 Å². The maximum Gasteiger partial charge on any atom is 0.110 e. The van der Waals surface area contributed by atoms with Crippen molar-refractivity contribution in [1.29, 1.82) is 0 Å². The highest BCUT2D eigenvalue weighted by Crippen LogP contribution is 2.29. The predicted molar refractivity (Wildman–Crippen MR) is 66.3 cm³/mol. The van der Waals surface area contributed by atoms with E-state index in [9.17, 15) is 0 Å². The van der Waals surface area contributed by atoms with Crippen LogP contribution in [0.25, 0.3) is 11.4 Å². The summed E-state index contributed by atoms with van der Waals surface area (Å²) in [5.41, 5.74) is 8.93. The summed E-state index contributed by atoms with van der Waals surface area (Å²) in [4.78, 5) is 8.84. The summed E-state index contributed by atoms with van der Waals surface area (Å²) in [5, 5.41) is 0. The Hall–Kier alpha value is -1.68. The van der Waals surface area contributed by atoms with Gasteiger partial charge in [0.25, 0.3) is 0 Å². The fourth-order valence-electron chi connectivity index (χ4n) is 2.54. The van der Waals surface area contributed by atoms with Crippen LogP contribution < -0.4 is 5.73 Å². The monoisotopic (exact) mass is 228 g/mol. The van der Waals surface area contributed by atoms with Gasteiger partial charge in [-0.1, -0.05) is 6.07 Å². The van der Waals surface area contributed by atoms with Crippen molar-refractivity contribution in [3.05, 3.63) is 36.4 Å². The number of hydrogen-bond donors (Lipinski definition) is 1. The maximum absolute atomic E-state index is 5.62. The van der Waals surface area contributed by atoms with E-state index in [1.165, 1.54) is 5.69 Å². The molecule has 0 saturated heterocycles. The van der Waals surface area contributed by atoms with Gasteiger partial charge in [-0.15, -0.1) is 0 Å². The third-order valence-electron chi connectivity index (χ3n) is 3.37. The zero-order chi connectivity index (χ0) is 11.7. The second kappa shape index (κ2) is 4.30. The van der Waals surface area contributed by atoms with Crippen LogP contribution in [0.2, 0.25) is 0 Å². The van der Waals surface area contributed by atoms with E-state index in [0.29, 0.717) is 5.92 Å². The molecule has 3 rings (SSSR count). The highest BCUT2D eigenvalue weighted by molar-refractivity contribution is 5.57. The first-order chi connectivity index (χ1) is 8.38. The lowest BCUT2D eigenvalue weighted by Gasteiger charge is -2.05. The molecule has 0 saturated carbocycles. The van der Waals surface area contributed by atoms with Gasteiger partial charge in [0, 0.05) is 18.4 Å². The molecule has 1 aliphatic rings. The van der Waals surface area contributed by atoms with Crippen LogP contribution in [0.1, 0.15) is 12.1 Å². The molecule has 1 unspecified atom stereocenters. The van der Waals surface area contributed by atoms with Gasteiger partial charge in [0.2, 0.25) is 0 Å². The second-order valence-corrected chi connectivity index (χ2v) is 4.55. The molecule has 4 heteroatoms. The Labute approximate surface area is 101 Å². The molecule has 2 aromatic heterocycles. The van der Waals surface area contributed by atoms with Crippen LogP contribution in [0.3, 0.4) is 0 Å². The summed E-state index contributed by atoms with van der Waals surface area (Å²) >= 11 is 0. The topological polar surface area (TPSA) is 56.7 Å². The van der Waals surface area contributed by atoms with E-state index < -0.39 is 0 Å². The summed E-state index contributed by atoms with van der Waals surface area (Å²) in [6, 6.07) is 5.94. The van der Waals surface area contributed by atoms with E-state index >= 15 is 0 Å². The van der Waals surface area contributed by atoms with Crippen LogP contribution in [0.5, 0.6) is 0 Å². The molecule has 0 spiro atoms. The zero-order valence-corrected chi connectivity index (χ0v) is 9.71. The van der Waals surface area contributed by atoms with Gasteiger partial charge in [-0.2, -0.15) is 0 Å². The highest BCUT2D eigenvalue weighted by Gasteiger charge is 2.25. The second-order valence-electron chi connectivity index (χ2n) is 4.55. The van der Waals surface area contributed by atoms with Crippen LogP contribution in [0.4, 0.5) is 0 Å². The minimum absolute atomic E-state index is 0.667. The van der Waals surface area contributed by atoms with Crippen molar-refractivity contribution in [3.8, 4) is 11.4 Å². The summed E-state index contributed by atoms with van der Waals surface area (Å²) in [6.07, 6.45) is 5.90. The summed E-state index contributed by atoms with van der Waals surface area (Å²) in [5.74, 6) is 0.667. The molecule has 2 aromatic rings.